The van der Waals surface area contributed by atoms with E-state index in [1.165, 1.54) is 24.8 Å². The van der Waals surface area contributed by atoms with E-state index < -0.39 is 0 Å². The maximum Gasteiger partial charge on any atom is 0.232 e. The van der Waals surface area contributed by atoms with Crippen molar-refractivity contribution in [2.24, 2.45) is 0 Å². The number of aromatic nitrogens is 3. The molecule has 74 valence electrons. The van der Waals surface area contributed by atoms with Gasteiger partial charge in [-0.05, 0) is 12.1 Å². The minimum Gasteiger partial charge on any atom is -0.285 e. The van der Waals surface area contributed by atoms with Crippen LogP contribution in [-0.2, 0) is 0 Å². The van der Waals surface area contributed by atoms with Crippen LogP contribution in [0.5, 0.6) is 0 Å². The molecule has 0 atom stereocenters. The van der Waals surface area contributed by atoms with E-state index >= 15 is 0 Å². The van der Waals surface area contributed by atoms with Crippen molar-refractivity contribution in [3.63, 3.8) is 0 Å². The Morgan fingerprint density at radius 1 is 1.20 bits per heavy atom. The minimum absolute atomic E-state index is 0.194. The first-order chi connectivity index (χ1) is 7.29. The van der Waals surface area contributed by atoms with Crippen molar-refractivity contribution < 1.29 is 4.79 Å². The number of ketones is 1. The van der Waals surface area contributed by atoms with Crippen LogP contribution in [0.2, 0.25) is 5.02 Å². The van der Waals surface area contributed by atoms with Crippen molar-refractivity contribution in [1.82, 2.24) is 15.0 Å². The Hall–Kier alpha value is -1.81. The van der Waals surface area contributed by atoms with Crippen molar-refractivity contribution >= 4 is 17.4 Å². The summed E-state index contributed by atoms with van der Waals surface area (Å²) >= 11 is 5.84. The van der Waals surface area contributed by atoms with Crippen molar-refractivity contribution in [2.75, 3.05) is 0 Å². The van der Waals surface area contributed by atoms with E-state index in [0.29, 0.717) is 5.02 Å². The Morgan fingerprint density at radius 2 is 2.07 bits per heavy atom. The van der Waals surface area contributed by atoms with Crippen LogP contribution in [0.3, 0.4) is 0 Å². The normalized spacial score (nSPS) is 9.93. The lowest BCUT2D eigenvalue weighted by Crippen LogP contribution is -2.07. The Labute approximate surface area is 91.0 Å². The Kier molecular flexibility index (Phi) is 2.69. The molecular weight excluding hydrogens is 214 g/mol. The number of nitrogens with zero attached hydrogens (tertiary/aromatic N) is 3. The lowest BCUT2D eigenvalue weighted by Gasteiger charge is -2.00. The average Bonchev–Trinajstić information content (AvgIpc) is 2.30. The molecule has 0 amide bonds. The molecule has 0 unspecified atom stereocenters. The number of carbonyl (C=O) groups excluding carboxylic acids is 1. The lowest BCUT2D eigenvalue weighted by molar-refractivity contribution is 0.102. The Bertz CT molecular complexity index is 487. The first-order valence-corrected chi connectivity index (χ1v) is 4.58. The zero-order valence-electron chi connectivity index (χ0n) is 7.59. The van der Waals surface area contributed by atoms with Crippen LogP contribution in [-0.4, -0.2) is 20.7 Å². The molecule has 2 aromatic heterocycles. The van der Waals surface area contributed by atoms with Gasteiger partial charge in [0.25, 0.3) is 0 Å². The Morgan fingerprint density at radius 3 is 2.73 bits per heavy atom. The van der Waals surface area contributed by atoms with E-state index in [2.05, 4.69) is 15.0 Å². The quantitative estimate of drug-likeness (QED) is 0.723. The van der Waals surface area contributed by atoms with Crippen LogP contribution in [0.25, 0.3) is 0 Å². The van der Waals surface area contributed by atoms with Gasteiger partial charge in [-0.3, -0.25) is 14.8 Å². The predicted octanol–water partition coefficient (Wildman–Crippen LogP) is 1.76. The highest BCUT2D eigenvalue weighted by Crippen LogP contribution is 2.14. The fourth-order valence-electron chi connectivity index (χ4n) is 1.09. The molecule has 0 saturated heterocycles. The summed E-state index contributed by atoms with van der Waals surface area (Å²) in [4.78, 5) is 23.4. The van der Waals surface area contributed by atoms with Crippen molar-refractivity contribution in [2.45, 2.75) is 0 Å². The summed E-state index contributed by atoms with van der Waals surface area (Å²) in [6.07, 6.45) is 5.84. The summed E-state index contributed by atoms with van der Waals surface area (Å²) in [6.45, 7) is 0. The van der Waals surface area contributed by atoms with Crippen molar-refractivity contribution in [1.29, 1.82) is 0 Å². The summed E-state index contributed by atoms with van der Waals surface area (Å²) in [5.74, 6) is -0.325. The fraction of sp³-hybridized carbons (Fsp3) is 0. The summed E-state index contributed by atoms with van der Waals surface area (Å²) in [6, 6.07) is 3.27. The zero-order chi connectivity index (χ0) is 10.7. The van der Waals surface area contributed by atoms with Crippen LogP contribution >= 0.6 is 11.6 Å². The van der Waals surface area contributed by atoms with Gasteiger partial charge in [-0.2, -0.15) is 0 Å². The highest BCUT2D eigenvalue weighted by molar-refractivity contribution is 6.34. The number of rotatable bonds is 2. The monoisotopic (exact) mass is 219 g/mol. The van der Waals surface area contributed by atoms with Crippen LogP contribution in [0.4, 0.5) is 0 Å². The third-order valence-electron chi connectivity index (χ3n) is 1.77. The fourth-order valence-corrected chi connectivity index (χ4v) is 1.30. The maximum atomic E-state index is 11.8. The summed E-state index contributed by atoms with van der Waals surface area (Å²) in [5.41, 5.74) is 0.428. The van der Waals surface area contributed by atoms with Gasteiger partial charge in [0.2, 0.25) is 5.78 Å². The van der Waals surface area contributed by atoms with Gasteiger partial charge in [0, 0.05) is 18.6 Å². The van der Waals surface area contributed by atoms with Crippen molar-refractivity contribution in [3.05, 3.63) is 53.3 Å². The SMILES string of the molecule is O=C(c1cnccn1)c1ncccc1Cl. The molecule has 0 bridgehead atoms. The largest absolute Gasteiger partial charge is 0.285 e. The van der Waals surface area contributed by atoms with Crippen LogP contribution in [0, 0.1) is 0 Å². The molecule has 0 spiro atoms. The molecule has 2 aromatic rings. The second-order valence-electron chi connectivity index (χ2n) is 2.75. The Balaban J connectivity index is 2.42. The molecule has 0 aromatic carbocycles. The van der Waals surface area contributed by atoms with Gasteiger partial charge in [0.15, 0.2) is 0 Å². The number of pyridine rings is 1. The molecule has 0 aliphatic heterocycles. The third kappa shape index (κ3) is 1.99. The second kappa shape index (κ2) is 4.14. The highest BCUT2D eigenvalue weighted by atomic mass is 35.5. The molecule has 2 rings (SSSR count). The van der Waals surface area contributed by atoms with Crippen LogP contribution in [0.1, 0.15) is 16.2 Å². The third-order valence-corrected chi connectivity index (χ3v) is 2.07. The molecule has 0 N–H and O–H groups in total. The molecule has 0 saturated carbocycles. The summed E-state index contributed by atoms with van der Waals surface area (Å²) in [7, 11) is 0. The van der Waals surface area contributed by atoms with Crippen LogP contribution in [0.15, 0.2) is 36.9 Å². The van der Waals surface area contributed by atoms with Gasteiger partial charge < -0.3 is 0 Å². The minimum atomic E-state index is -0.325. The molecule has 0 aliphatic rings. The number of carbonyl (C=O) groups is 1. The number of hydrogen-bond donors (Lipinski definition) is 0. The average molecular weight is 220 g/mol. The van der Waals surface area contributed by atoms with E-state index in [1.54, 1.807) is 12.1 Å². The van der Waals surface area contributed by atoms with E-state index in [9.17, 15) is 4.79 Å². The smallest absolute Gasteiger partial charge is 0.232 e. The molecule has 0 aliphatic carbocycles. The molecule has 0 radical (unpaired) electrons. The summed E-state index contributed by atoms with van der Waals surface area (Å²) in [5, 5.41) is 0.313. The zero-order valence-corrected chi connectivity index (χ0v) is 8.35. The first kappa shape index (κ1) is 9.73. The number of hydrogen-bond acceptors (Lipinski definition) is 4. The van der Waals surface area contributed by atoms with E-state index in [-0.39, 0.29) is 17.2 Å². The van der Waals surface area contributed by atoms with E-state index in [4.69, 9.17) is 11.6 Å². The van der Waals surface area contributed by atoms with Gasteiger partial charge in [-0.25, -0.2) is 4.98 Å². The molecular formula is C10H6ClN3O. The molecule has 0 fully saturated rings. The molecule has 5 heteroatoms. The van der Waals surface area contributed by atoms with Gasteiger partial charge in [0.05, 0.1) is 11.2 Å². The van der Waals surface area contributed by atoms with Gasteiger partial charge in [-0.1, -0.05) is 11.6 Å². The summed E-state index contributed by atoms with van der Waals surface area (Å²) < 4.78 is 0. The molecule has 15 heavy (non-hydrogen) atoms. The highest BCUT2D eigenvalue weighted by Gasteiger charge is 2.14. The van der Waals surface area contributed by atoms with Crippen LogP contribution < -0.4 is 0 Å². The number of halogens is 1. The molecule has 2 heterocycles. The second-order valence-corrected chi connectivity index (χ2v) is 3.16. The topological polar surface area (TPSA) is 55.7 Å². The first-order valence-electron chi connectivity index (χ1n) is 4.20. The van der Waals surface area contributed by atoms with Gasteiger partial charge in [-0.15, -0.1) is 0 Å². The van der Waals surface area contributed by atoms with E-state index in [1.807, 2.05) is 0 Å². The lowest BCUT2D eigenvalue weighted by atomic mass is 10.2. The molecule has 4 nitrogen and oxygen atoms in total. The van der Waals surface area contributed by atoms with Gasteiger partial charge in [0.1, 0.15) is 11.4 Å². The predicted molar refractivity (Wildman–Crippen MR) is 54.7 cm³/mol. The van der Waals surface area contributed by atoms with Gasteiger partial charge >= 0.3 is 0 Å². The standard InChI is InChI=1S/C10H6ClN3O/c11-7-2-1-3-14-9(7)10(15)8-6-12-4-5-13-8/h1-6H. The van der Waals surface area contributed by atoms with Crippen molar-refractivity contribution in [3.8, 4) is 0 Å². The van der Waals surface area contributed by atoms with E-state index in [0.717, 1.165) is 0 Å². The maximum absolute atomic E-state index is 11.8.